The van der Waals surface area contributed by atoms with E-state index in [1.807, 2.05) is 5.01 Å². The average Bonchev–Trinajstić information content (AvgIpc) is 2.93. The smallest absolute Gasteiger partial charge is 0.335 e. The van der Waals surface area contributed by atoms with Gasteiger partial charge in [0.25, 0.3) is 0 Å². The molecular weight excluding hydrogens is 320 g/mol. The lowest BCUT2D eigenvalue weighted by Gasteiger charge is -2.29. The van der Waals surface area contributed by atoms with Crippen molar-refractivity contribution >= 4 is 11.9 Å². The lowest BCUT2D eigenvalue weighted by molar-refractivity contribution is -0.139. The molecule has 0 bridgehead atoms. The second kappa shape index (κ2) is 9.53. The van der Waals surface area contributed by atoms with E-state index in [9.17, 15) is 14.7 Å². The number of benzene rings is 1. The second-order valence-electron chi connectivity index (χ2n) is 6.58. The summed E-state index contributed by atoms with van der Waals surface area (Å²) in [6, 6.07) is 6.74. The molecule has 1 aliphatic heterocycles. The van der Waals surface area contributed by atoms with Gasteiger partial charge in [0.05, 0.1) is 11.7 Å². The molecule has 1 unspecified atom stereocenters. The van der Waals surface area contributed by atoms with Crippen LogP contribution < -0.4 is 0 Å². The first-order chi connectivity index (χ1) is 12.0. The first-order valence-electron chi connectivity index (χ1n) is 9.06. The molecule has 1 fully saturated rings. The number of carbonyl (C=O) groups is 2. The van der Waals surface area contributed by atoms with Gasteiger partial charge in [-0.15, -0.1) is 0 Å². The zero-order valence-electron chi connectivity index (χ0n) is 14.9. The number of amides is 1. The number of rotatable bonds is 10. The van der Waals surface area contributed by atoms with Crippen molar-refractivity contribution in [1.29, 1.82) is 0 Å². The standard InChI is InChI=1S/C19H28N2O4/c1-2-3-4-5-17(22)14-20-12-11-18(23)21(20)13-10-15-6-8-16(9-7-15)19(24)25/h6-9,17,22H,2-5,10-14H2,1H3,(H,24,25). The quantitative estimate of drug-likeness (QED) is 0.634. The zero-order valence-corrected chi connectivity index (χ0v) is 14.9. The molecule has 2 N–H and O–H groups in total. The highest BCUT2D eigenvalue weighted by Gasteiger charge is 2.29. The Labute approximate surface area is 149 Å². The minimum atomic E-state index is -0.940. The summed E-state index contributed by atoms with van der Waals surface area (Å²) in [7, 11) is 0. The predicted molar refractivity (Wildman–Crippen MR) is 95.2 cm³/mol. The highest BCUT2D eigenvalue weighted by atomic mass is 16.4. The van der Waals surface area contributed by atoms with Gasteiger partial charge in [-0.3, -0.25) is 9.80 Å². The number of hydrogen-bond acceptors (Lipinski definition) is 4. The van der Waals surface area contributed by atoms with Crippen LogP contribution in [0.1, 0.15) is 54.9 Å². The van der Waals surface area contributed by atoms with Crippen LogP contribution >= 0.6 is 0 Å². The van der Waals surface area contributed by atoms with Crippen LogP contribution in [0.5, 0.6) is 0 Å². The maximum atomic E-state index is 12.1. The van der Waals surface area contributed by atoms with Crippen molar-refractivity contribution in [1.82, 2.24) is 10.0 Å². The number of aromatic carboxylic acids is 1. The number of aliphatic hydroxyl groups is 1. The van der Waals surface area contributed by atoms with Crippen molar-refractivity contribution in [2.45, 2.75) is 51.6 Å². The van der Waals surface area contributed by atoms with E-state index in [2.05, 4.69) is 6.92 Å². The first kappa shape index (κ1) is 19.4. The van der Waals surface area contributed by atoms with Crippen molar-refractivity contribution in [3.8, 4) is 0 Å². The van der Waals surface area contributed by atoms with Crippen LogP contribution in [0.15, 0.2) is 24.3 Å². The normalized spacial score (nSPS) is 16.4. The summed E-state index contributed by atoms with van der Waals surface area (Å²) < 4.78 is 0. The molecule has 6 nitrogen and oxygen atoms in total. The number of unbranched alkanes of at least 4 members (excludes halogenated alkanes) is 2. The van der Waals surface area contributed by atoms with Crippen LogP contribution in [0.4, 0.5) is 0 Å². The third-order valence-corrected chi connectivity index (χ3v) is 4.59. The number of carboxylic acid groups (broad SMARTS) is 1. The molecule has 0 saturated carbocycles. The summed E-state index contributed by atoms with van der Waals surface area (Å²) in [6.45, 7) is 3.83. The molecule has 1 aromatic carbocycles. The number of carboxylic acids is 1. The SMILES string of the molecule is CCCCCC(O)CN1CCC(=O)N1CCc1ccc(C(=O)O)cc1. The van der Waals surface area contributed by atoms with Gasteiger partial charge in [-0.2, -0.15) is 0 Å². The highest BCUT2D eigenvalue weighted by Crippen LogP contribution is 2.16. The third kappa shape index (κ3) is 5.83. The van der Waals surface area contributed by atoms with Gasteiger partial charge in [0.2, 0.25) is 5.91 Å². The van der Waals surface area contributed by atoms with Crippen molar-refractivity contribution < 1.29 is 19.8 Å². The van der Waals surface area contributed by atoms with Crippen LogP contribution in [-0.4, -0.2) is 57.8 Å². The number of hydrogen-bond donors (Lipinski definition) is 2. The van der Waals surface area contributed by atoms with Crippen LogP contribution in [0.3, 0.4) is 0 Å². The van der Waals surface area contributed by atoms with E-state index in [-0.39, 0.29) is 11.5 Å². The molecule has 1 aromatic rings. The van der Waals surface area contributed by atoms with Crippen LogP contribution in [-0.2, 0) is 11.2 Å². The molecule has 138 valence electrons. The molecule has 0 aliphatic carbocycles. The number of hydrazine groups is 1. The van der Waals surface area contributed by atoms with Gasteiger partial charge in [0.1, 0.15) is 0 Å². The Kier molecular flexibility index (Phi) is 7.40. The molecule has 1 aliphatic rings. The second-order valence-corrected chi connectivity index (χ2v) is 6.58. The largest absolute Gasteiger partial charge is 0.478 e. The van der Waals surface area contributed by atoms with Crippen LogP contribution in [0.25, 0.3) is 0 Å². The first-order valence-corrected chi connectivity index (χ1v) is 9.06. The van der Waals surface area contributed by atoms with Gasteiger partial charge in [-0.25, -0.2) is 9.80 Å². The summed E-state index contributed by atoms with van der Waals surface area (Å²) in [5, 5.41) is 22.8. The summed E-state index contributed by atoms with van der Waals surface area (Å²) in [5.41, 5.74) is 1.26. The van der Waals surface area contributed by atoms with Gasteiger partial charge in [-0.1, -0.05) is 38.3 Å². The fourth-order valence-corrected chi connectivity index (χ4v) is 3.10. The van der Waals surface area contributed by atoms with Crippen molar-refractivity contribution in [2.24, 2.45) is 0 Å². The van der Waals surface area contributed by atoms with Gasteiger partial charge in [-0.05, 0) is 30.5 Å². The molecule has 1 heterocycles. The van der Waals surface area contributed by atoms with Gasteiger partial charge < -0.3 is 10.2 Å². The highest BCUT2D eigenvalue weighted by molar-refractivity contribution is 5.87. The van der Waals surface area contributed by atoms with E-state index in [0.717, 1.165) is 31.2 Å². The van der Waals surface area contributed by atoms with E-state index in [4.69, 9.17) is 5.11 Å². The topological polar surface area (TPSA) is 81.1 Å². The van der Waals surface area contributed by atoms with E-state index < -0.39 is 12.1 Å². The van der Waals surface area contributed by atoms with Gasteiger partial charge >= 0.3 is 5.97 Å². The molecule has 0 radical (unpaired) electrons. The summed E-state index contributed by atoms with van der Waals surface area (Å²) in [4.78, 5) is 23.0. The molecule has 6 heteroatoms. The lowest BCUT2D eigenvalue weighted by atomic mass is 10.1. The van der Waals surface area contributed by atoms with Crippen molar-refractivity contribution in [3.63, 3.8) is 0 Å². The van der Waals surface area contributed by atoms with Crippen LogP contribution in [0, 0.1) is 0 Å². The fourth-order valence-electron chi connectivity index (χ4n) is 3.10. The van der Waals surface area contributed by atoms with Crippen molar-refractivity contribution in [3.05, 3.63) is 35.4 Å². The van der Waals surface area contributed by atoms with Crippen molar-refractivity contribution in [2.75, 3.05) is 19.6 Å². The maximum Gasteiger partial charge on any atom is 0.335 e. The monoisotopic (exact) mass is 348 g/mol. The number of aliphatic hydroxyl groups excluding tert-OH is 1. The molecule has 0 aromatic heterocycles. The Morgan fingerprint density at radius 2 is 1.96 bits per heavy atom. The zero-order chi connectivity index (χ0) is 18.2. The molecule has 1 atom stereocenters. The van der Waals surface area contributed by atoms with E-state index in [1.54, 1.807) is 29.3 Å². The molecule has 2 rings (SSSR count). The average molecular weight is 348 g/mol. The minimum Gasteiger partial charge on any atom is -0.478 e. The Bertz CT molecular complexity index is 573. The fraction of sp³-hybridized carbons (Fsp3) is 0.579. The molecule has 1 amide bonds. The molecule has 0 spiro atoms. The van der Waals surface area contributed by atoms with E-state index in [0.29, 0.717) is 32.5 Å². The Hall–Kier alpha value is -1.92. The summed E-state index contributed by atoms with van der Waals surface area (Å²) >= 11 is 0. The summed E-state index contributed by atoms with van der Waals surface area (Å²) in [5.74, 6) is -0.854. The lowest BCUT2D eigenvalue weighted by Crippen LogP contribution is -2.44. The Morgan fingerprint density at radius 1 is 1.24 bits per heavy atom. The molecule has 1 saturated heterocycles. The van der Waals surface area contributed by atoms with E-state index in [1.165, 1.54) is 0 Å². The van der Waals surface area contributed by atoms with Gasteiger partial charge in [0.15, 0.2) is 0 Å². The number of carbonyl (C=O) groups excluding carboxylic acids is 1. The van der Waals surface area contributed by atoms with Gasteiger partial charge in [0, 0.05) is 26.1 Å². The Morgan fingerprint density at radius 3 is 2.60 bits per heavy atom. The predicted octanol–water partition coefficient (Wildman–Crippen LogP) is 2.32. The minimum absolute atomic E-state index is 0.0860. The third-order valence-electron chi connectivity index (χ3n) is 4.59. The molecule has 25 heavy (non-hydrogen) atoms. The Balaban J connectivity index is 1.85. The van der Waals surface area contributed by atoms with Crippen LogP contribution in [0.2, 0.25) is 0 Å². The van der Waals surface area contributed by atoms with E-state index >= 15 is 0 Å². The maximum absolute atomic E-state index is 12.1. The molecular formula is C19H28N2O4. The number of β-amino-alcohol motifs (C(OH)–C–C–N with tert-alkyl or cyclic N) is 1. The number of nitrogens with zero attached hydrogens (tertiary/aromatic N) is 2. The summed E-state index contributed by atoms with van der Waals surface area (Å²) in [6.07, 6.45) is 4.76.